The average molecular weight is 258 g/mol. The molecule has 0 radical (unpaired) electrons. The summed E-state index contributed by atoms with van der Waals surface area (Å²) in [5, 5.41) is 8.90. The molecular weight excluding hydrogens is 236 g/mol. The van der Waals surface area contributed by atoms with Crippen LogP contribution in [0.4, 0.5) is 0 Å². The second kappa shape index (κ2) is 5.57. The fourth-order valence-electron chi connectivity index (χ4n) is 2.68. The minimum atomic E-state index is 0.206. The molecule has 0 fully saturated rings. The molecule has 3 nitrogen and oxygen atoms in total. The van der Waals surface area contributed by atoms with E-state index in [0.29, 0.717) is 0 Å². The Balaban J connectivity index is 2.44. The van der Waals surface area contributed by atoms with E-state index in [1.54, 1.807) is 0 Å². The van der Waals surface area contributed by atoms with Crippen molar-refractivity contribution in [3.63, 3.8) is 0 Å². The third-order valence-electron chi connectivity index (χ3n) is 3.42. The van der Waals surface area contributed by atoms with Crippen LogP contribution in [-0.2, 0) is 6.42 Å². The molecule has 2 N–H and O–H groups in total. The van der Waals surface area contributed by atoms with Gasteiger partial charge in [0.25, 0.3) is 0 Å². The van der Waals surface area contributed by atoms with Crippen molar-refractivity contribution in [1.82, 2.24) is 9.97 Å². The van der Waals surface area contributed by atoms with Gasteiger partial charge < -0.3 is 10.1 Å². The van der Waals surface area contributed by atoms with Crippen LogP contribution in [0.1, 0.15) is 34.6 Å². The molecule has 0 bridgehead atoms. The summed E-state index contributed by atoms with van der Waals surface area (Å²) in [6.07, 6.45) is 1.54. The number of imidazole rings is 1. The number of H-pyrrole nitrogens is 1. The van der Waals surface area contributed by atoms with Crippen LogP contribution in [0.2, 0.25) is 0 Å². The van der Waals surface area contributed by atoms with Gasteiger partial charge in [0.05, 0.1) is 5.69 Å². The van der Waals surface area contributed by atoms with Gasteiger partial charge in [-0.15, -0.1) is 0 Å². The van der Waals surface area contributed by atoms with Crippen molar-refractivity contribution in [2.75, 3.05) is 6.61 Å². The van der Waals surface area contributed by atoms with Crippen molar-refractivity contribution in [2.45, 2.75) is 40.5 Å². The summed E-state index contributed by atoms with van der Waals surface area (Å²) in [6, 6.07) is 4.40. The number of aromatic amines is 1. The highest BCUT2D eigenvalue weighted by Gasteiger charge is 2.13. The fraction of sp³-hybridized carbons (Fsp3) is 0.438. The van der Waals surface area contributed by atoms with E-state index in [1.165, 1.54) is 22.3 Å². The zero-order valence-corrected chi connectivity index (χ0v) is 12.2. The number of aliphatic hydroxyl groups excluding tert-OH is 1. The molecule has 0 saturated carbocycles. The minimum absolute atomic E-state index is 0.206. The van der Waals surface area contributed by atoms with Crippen LogP contribution >= 0.6 is 0 Å². The summed E-state index contributed by atoms with van der Waals surface area (Å²) in [7, 11) is 0. The van der Waals surface area contributed by atoms with Gasteiger partial charge in [0.2, 0.25) is 0 Å². The van der Waals surface area contributed by atoms with E-state index in [0.717, 1.165) is 30.1 Å². The van der Waals surface area contributed by atoms with Gasteiger partial charge in [0, 0.05) is 24.3 Å². The Morgan fingerprint density at radius 1 is 1.11 bits per heavy atom. The van der Waals surface area contributed by atoms with E-state index < -0.39 is 0 Å². The Morgan fingerprint density at radius 3 is 2.32 bits per heavy atom. The molecule has 19 heavy (non-hydrogen) atoms. The van der Waals surface area contributed by atoms with E-state index >= 15 is 0 Å². The fourth-order valence-corrected chi connectivity index (χ4v) is 2.68. The van der Waals surface area contributed by atoms with Crippen molar-refractivity contribution >= 4 is 0 Å². The lowest BCUT2D eigenvalue weighted by atomic mass is 9.96. The van der Waals surface area contributed by atoms with Crippen molar-refractivity contribution < 1.29 is 5.11 Å². The smallest absolute Gasteiger partial charge is 0.107 e. The molecule has 2 aromatic rings. The summed E-state index contributed by atoms with van der Waals surface area (Å²) >= 11 is 0. The average Bonchev–Trinajstić information content (AvgIpc) is 2.67. The first-order valence-corrected chi connectivity index (χ1v) is 6.77. The third kappa shape index (κ3) is 2.87. The van der Waals surface area contributed by atoms with Gasteiger partial charge in [-0.25, -0.2) is 4.98 Å². The first kappa shape index (κ1) is 13.8. The van der Waals surface area contributed by atoms with E-state index in [4.69, 9.17) is 10.1 Å². The van der Waals surface area contributed by atoms with E-state index in [-0.39, 0.29) is 6.61 Å². The van der Waals surface area contributed by atoms with Crippen LogP contribution in [0.25, 0.3) is 11.3 Å². The predicted molar refractivity (Wildman–Crippen MR) is 78.4 cm³/mol. The number of rotatable bonds is 4. The van der Waals surface area contributed by atoms with Gasteiger partial charge in [-0.05, 0) is 45.2 Å². The first-order chi connectivity index (χ1) is 9.02. The van der Waals surface area contributed by atoms with Crippen molar-refractivity contribution in [2.24, 2.45) is 0 Å². The van der Waals surface area contributed by atoms with Gasteiger partial charge in [0.15, 0.2) is 0 Å². The SMILES string of the molecule is Cc1cc(C)c(-c2nc(CCCO)[nH]c2C)c(C)c1. The van der Waals surface area contributed by atoms with Gasteiger partial charge in [0.1, 0.15) is 5.82 Å². The molecule has 0 aliphatic rings. The summed E-state index contributed by atoms with van der Waals surface area (Å²) in [5.41, 5.74) is 7.19. The lowest BCUT2D eigenvalue weighted by Gasteiger charge is -2.09. The second-order valence-corrected chi connectivity index (χ2v) is 5.26. The third-order valence-corrected chi connectivity index (χ3v) is 3.42. The Labute approximate surface area is 114 Å². The van der Waals surface area contributed by atoms with Crippen molar-refractivity contribution in [3.05, 3.63) is 40.3 Å². The molecule has 0 saturated heterocycles. The molecule has 0 aliphatic carbocycles. The van der Waals surface area contributed by atoms with Crippen LogP contribution in [-0.4, -0.2) is 21.7 Å². The Morgan fingerprint density at radius 2 is 1.74 bits per heavy atom. The number of aliphatic hydroxyl groups is 1. The molecule has 0 aliphatic heterocycles. The van der Waals surface area contributed by atoms with Crippen LogP contribution in [0.5, 0.6) is 0 Å². The summed E-state index contributed by atoms with van der Waals surface area (Å²) in [6.45, 7) is 8.66. The molecule has 0 atom stereocenters. The quantitative estimate of drug-likeness (QED) is 0.884. The number of nitrogens with one attached hydrogen (secondary N) is 1. The zero-order valence-electron chi connectivity index (χ0n) is 12.2. The lowest BCUT2D eigenvalue weighted by Crippen LogP contribution is -1.93. The molecule has 1 heterocycles. The molecule has 1 aromatic heterocycles. The maximum absolute atomic E-state index is 8.90. The van der Waals surface area contributed by atoms with Crippen molar-refractivity contribution in [3.8, 4) is 11.3 Å². The first-order valence-electron chi connectivity index (χ1n) is 6.77. The van der Waals surface area contributed by atoms with Crippen LogP contribution in [0.15, 0.2) is 12.1 Å². The predicted octanol–water partition coefficient (Wildman–Crippen LogP) is 3.24. The molecule has 3 heteroatoms. The van der Waals surface area contributed by atoms with Crippen LogP contribution < -0.4 is 0 Å². The number of benzene rings is 1. The lowest BCUT2D eigenvalue weighted by molar-refractivity contribution is 0.287. The monoisotopic (exact) mass is 258 g/mol. The van der Waals surface area contributed by atoms with Gasteiger partial charge in [-0.3, -0.25) is 0 Å². The van der Waals surface area contributed by atoms with E-state index in [1.807, 2.05) is 0 Å². The zero-order chi connectivity index (χ0) is 14.0. The molecule has 1 aromatic carbocycles. The summed E-state index contributed by atoms with van der Waals surface area (Å²) in [5.74, 6) is 0.959. The van der Waals surface area contributed by atoms with Crippen LogP contribution in [0.3, 0.4) is 0 Å². The Hall–Kier alpha value is -1.61. The molecule has 0 unspecified atom stereocenters. The largest absolute Gasteiger partial charge is 0.396 e. The highest BCUT2D eigenvalue weighted by atomic mass is 16.2. The van der Waals surface area contributed by atoms with Gasteiger partial charge >= 0.3 is 0 Å². The minimum Gasteiger partial charge on any atom is -0.396 e. The van der Waals surface area contributed by atoms with Gasteiger partial charge in [-0.1, -0.05) is 17.7 Å². The molecule has 0 spiro atoms. The van der Waals surface area contributed by atoms with E-state index in [2.05, 4.69) is 44.8 Å². The molecular formula is C16H22N2O. The topological polar surface area (TPSA) is 48.9 Å². The summed E-state index contributed by atoms with van der Waals surface area (Å²) in [4.78, 5) is 8.03. The highest BCUT2D eigenvalue weighted by molar-refractivity contribution is 5.70. The molecule has 0 amide bonds. The Kier molecular flexibility index (Phi) is 4.05. The number of aromatic nitrogens is 2. The normalized spacial score (nSPS) is 11.0. The van der Waals surface area contributed by atoms with Crippen molar-refractivity contribution in [1.29, 1.82) is 0 Å². The standard InChI is InChI=1S/C16H22N2O/c1-10-8-11(2)15(12(3)9-10)16-13(4)17-14(18-16)6-5-7-19/h8-9,19H,5-7H2,1-4H3,(H,17,18). The number of hydrogen-bond acceptors (Lipinski definition) is 2. The Bertz CT molecular complexity index is 561. The number of aryl methyl sites for hydroxylation is 5. The second-order valence-electron chi connectivity index (χ2n) is 5.26. The summed E-state index contributed by atoms with van der Waals surface area (Å²) < 4.78 is 0. The van der Waals surface area contributed by atoms with E-state index in [9.17, 15) is 0 Å². The number of nitrogens with zero attached hydrogens (tertiary/aromatic N) is 1. The number of hydrogen-bond donors (Lipinski definition) is 2. The maximum Gasteiger partial charge on any atom is 0.107 e. The molecule has 102 valence electrons. The molecule has 2 rings (SSSR count). The highest BCUT2D eigenvalue weighted by Crippen LogP contribution is 2.29. The van der Waals surface area contributed by atoms with Gasteiger partial charge in [-0.2, -0.15) is 0 Å². The van der Waals surface area contributed by atoms with Crippen LogP contribution in [0, 0.1) is 27.7 Å². The maximum atomic E-state index is 8.90.